The van der Waals surface area contributed by atoms with Crippen LogP contribution in [0.3, 0.4) is 0 Å². The summed E-state index contributed by atoms with van der Waals surface area (Å²) < 4.78 is 17.0. The molecule has 2 aliphatic heterocycles. The van der Waals surface area contributed by atoms with Crippen LogP contribution in [0.2, 0.25) is 0 Å². The van der Waals surface area contributed by atoms with Gasteiger partial charge in [0.05, 0.1) is 25.4 Å². The third kappa shape index (κ3) is 4.42. The summed E-state index contributed by atoms with van der Waals surface area (Å²) in [5.41, 5.74) is 0.874. The van der Waals surface area contributed by atoms with Crippen LogP contribution in [0, 0.1) is 0 Å². The molecule has 2 aromatic heterocycles. The Morgan fingerprint density at radius 1 is 1.24 bits per heavy atom. The van der Waals surface area contributed by atoms with E-state index >= 15 is 0 Å². The molecule has 1 atom stereocenters. The molecule has 0 radical (unpaired) electrons. The number of piperidine rings is 1. The zero-order chi connectivity index (χ0) is 16.9. The van der Waals surface area contributed by atoms with Crippen LogP contribution in [0.4, 0.5) is 0 Å². The van der Waals surface area contributed by atoms with Crippen LogP contribution in [0.25, 0.3) is 11.4 Å². The maximum absolute atomic E-state index is 6.02. The largest absolute Gasteiger partial charge is 0.376 e. The molecule has 2 fully saturated rings. The highest BCUT2D eigenvalue weighted by molar-refractivity contribution is 5.51. The Kier molecular flexibility index (Phi) is 5.34. The highest BCUT2D eigenvalue weighted by Crippen LogP contribution is 2.20. The van der Waals surface area contributed by atoms with Gasteiger partial charge in [0, 0.05) is 37.7 Å². The van der Waals surface area contributed by atoms with E-state index in [9.17, 15) is 0 Å². The van der Waals surface area contributed by atoms with Crippen molar-refractivity contribution in [3.8, 4) is 11.4 Å². The zero-order valence-corrected chi connectivity index (χ0v) is 14.3. The Balaban J connectivity index is 1.23. The Morgan fingerprint density at radius 3 is 2.92 bits per heavy atom. The van der Waals surface area contributed by atoms with Gasteiger partial charge in [-0.3, -0.25) is 9.88 Å². The summed E-state index contributed by atoms with van der Waals surface area (Å²) in [6.07, 6.45) is 8.50. The third-order valence-corrected chi connectivity index (χ3v) is 4.82. The number of hydrogen-bond donors (Lipinski definition) is 0. The Labute approximate surface area is 147 Å². The minimum absolute atomic E-state index is 0.308. The van der Waals surface area contributed by atoms with Crippen LogP contribution in [0.1, 0.15) is 31.6 Å². The van der Waals surface area contributed by atoms with E-state index in [1.54, 1.807) is 12.4 Å². The van der Waals surface area contributed by atoms with Gasteiger partial charge in [-0.05, 0) is 37.8 Å². The predicted octanol–water partition coefficient (Wildman–Crippen LogP) is 2.29. The molecule has 2 saturated heterocycles. The van der Waals surface area contributed by atoms with Crippen molar-refractivity contribution in [2.24, 2.45) is 0 Å². The second kappa shape index (κ2) is 8.03. The normalized spacial score (nSPS) is 22.5. The summed E-state index contributed by atoms with van der Waals surface area (Å²) in [7, 11) is 0. The molecule has 1 unspecified atom stereocenters. The van der Waals surface area contributed by atoms with Gasteiger partial charge in [0.2, 0.25) is 11.7 Å². The van der Waals surface area contributed by atoms with Gasteiger partial charge in [0.25, 0.3) is 0 Å². The highest BCUT2D eigenvalue weighted by atomic mass is 16.5. The molecule has 7 nitrogen and oxygen atoms in total. The molecule has 134 valence electrons. The third-order valence-electron chi connectivity index (χ3n) is 4.82. The monoisotopic (exact) mass is 344 g/mol. The van der Waals surface area contributed by atoms with E-state index in [2.05, 4.69) is 20.0 Å². The summed E-state index contributed by atoms with van der Waals surface area (Å²) in [5, 5.41) is 4.05. The van der Waals surface area contributed by atoms with Gasteiger partial charge in [-0.1, -0.05) is 5.16 Å². The SMILES string of the molecule is c1cncc(-c2noc(CN3CCC(OCC4CCCO4)CC3)n2)c1. The van der Waals surface area contributed by atoms with Gasteiger partial charge in [-0.2, -0.15) is 4.98 Å². The number of aromatic nitrogens is 3. The van der Waals surface area contributed by atoms with Gasteiger partial charge in [-0.15, -0.1) is 0 Å². The number of rotatable bonds is 6. The first-order chi connectivity index (χ1) is 12.4. The van der Waals surface area contributed by atoms with Crippen molar-refractivity contribution < 1.29 is 14.0 Å². The molecule has 0 bridgehead atoms. The van der Waals surface area contributed by atoms with Crippen molar-refractivity contribution in [2.45, 2.75) is 44.4 Å². The fourth-order valence-corrected chi connectivity index (χ4v) is 3.38. The molecular formula is C18H24N4O3. The smallest absolute Gasteiger partial charge is 0.241 e. The fraction of sp³-hybridized carbons (Fsp3) is 0.611. The first-order valence-electron chi connectivity index (χ1n) is 9.05. The molecule has 0 spiro atoms. The quantitative estimate of drug-likeness (QED) is 0.796. The summed E-state index contributed by atoms with van der Waals surface area (Å²) >= 11 is 0. The Bertz CT molecular complexity index is 649. The molecule has 0 aliphatic carbocycles. The Hall–Kier alpha value is -1.83. The average molecular weight is 344 g/mol. The van der Waals surface area contributed by atoms with Crippen LogP contribution in [0.5, 0.6) is 0 Å². The molecule has 4 heterocycles. The lowest BCUT2D eigenvalue weighted by Gasteiger charge is -2.31. The molecule has 4 rings (SSSR count). The summed E-state index contributed by atoms with van der Waals surface area (Å²) in [6.45, 7) is 4.29. The van der Waals surface area contributed by atoms with E-state index in [1.807, 2.05) is 12.1 Å². The van der Waals surface area contributed by atoms with E-state index in [-0.39, 0.29) is 0 Å². The van der Waals surface area contributed by atoms with Crippen LogP contribution < -0.4 is 0 Å². The maximum Gasteiger partial charge on any atom is 0.241 e. The van der Waals surface area contributed by atoms with Gasteiger partial charge < -0.3 is 14.0 Å². The fourth-order valence-electron chi connectivity index (χ4n) is 3.38. The second-order valence-corrected chi connectivity index (χ2v) is 6.70. The minimum atomic E-state index is 0.308. The lowest BCUT2D eigenvalue weighted by molar-refractivity contribution is -0.0433. The van der Waals surface area contributed by atoms with Crippen LogP contribution >= 0.6 is 0 Å². The Morgan fingerprint density at radius 2 is 2.16 bits per heavy atom. The maximum atomic E-state index is 6.02. The molecule has 0 saturated carbocycles. The van der Waals surface area contributed by atoms with Crippen LogP contribution in [-0.2, 0) is 16.0 Å². The van der Waals surface area contributed by atoms with Crippen molar-refractivity contribution in [3.63, 3.8) is 0 Å². The van der Waals surface area contributed by atoms with Gasteiger partial charge >= 0.3 is 0 Å². The molecule has 7 heteroatoms. The van der Waals surface area contributed by atoms with E-state index in [4.69, 9.17) is 14.0 Å². The van der Waals surface area contributed by atoms with Crippen molar-refractivity contribution in [1.29, 1.82) is 0 Å². The number of hydrogen-bond acceptors (Lipinski definition) is 7. The minimum Gasteiger partial charge on any atom is -0.376 e. The standard InChI is InChI=1S/C18H24N4O3/c1-3-14(11-19-7-1)18-20-17(25-21-18)12-22-8-5-15(6-9-22)24-13-16-4-2-10-23-16/h1,3,7,11,15-16H,2,4-6,8-10,12-13H2. The number of likely N-dealkylation sites (tertiary alicyclic amines) is 1. The summed E-state index contributed by atoms with van der Waals surface area (Å²) in [4.78, 5) is 10.9. The van der Waals surface area contributed by atoms with Gasteiger partial charge in [0.15, 0.2) is 0 Å². The molecule has 2 aromatic rings. The lowest BCUT2D eigenvalue weighted by atomic mass is 10.1. The molecular weight excluding hydrogens is 320 g/mol. The molecule has 25 heavy (non-hydrogen) atoms. The molecule has 2 aliphatic rings. The number of ether oxygens (including phenoxy) is 2. The molecule has 0 amide bonds. The highest BCUT2D eigenvalue weighted by Gasteiger charge is 2.23. The number of pyridine rings is 1. The van der Waals surface area contributed by atoms with Crippen LogP contribution in [0.15, 0.2) is 29.0 Å². The van der Waals surface area contributed by atoms with Crippen molar-refractivity contribution in [3.05, 3.63) is 30.4 Å². The van der Waals surface area contributed by atoms with E-state index < -0.39 is 0 Å². The number of nitrogens with zero attached hydrogens (tertiary/aromatic N) is 4. The average Bonchev–Trinajstić information content (AvgIpc) is 3.34. The summed E-state index contributed by atoms with van der Waals surface area (Å²) in [6, 6.07) is 3.80. The van der Waals surface area contributed by atoms with Gasteiger partial charge in [0.1, 0.15) is 0 Å². The van der Waals surface area contributed by atoms with E-state index in [0.717, 1.165) is 57.6 Å². The topological polar surface area (TPSA) is 73.5 Å². The molecule has 0 N–H and O–H groups in total. The van der Waals surface area contributed by atoms with Crippen molar-refractivity contribution in [2.75, 3.05) is 26.3 Å². The first kappa shape index (κ1) is 16.6. The van der Waals surface area contributed by atoms with E-state index in [1.165, 1.54) is 0 Å². The molecule has 0 aromatic carbocycles. The predicted molar refractivity (Wildman–Crippen MR) is 90.8 cm³/mol. The second-order valence-electron chi connectivity index (χ2n) is 6.70. The van der Waals surface area contributed by atoms with Crippen molar-refractivity contribution in [1.82, 2.24) is 20.0 Å². The van der Waals surface area contributed by atoms with Crippen LogP contribution in [-0.4, -0.2) is 58.5 Å². The van der Waals surface area contributed by atoms with E-state index in [0.29, 0.717) is 30.5 Å². The first-order valence-corrected chi connectivity index (χ1v) is 9.05. The lowest BCUT2D eigenvalue weighted by Crippen LogP contribution is -2.37. The van der Waals surface area contributed by atoms with Crippen molar-refractivity contribution >= 4 is 0 Å². The zero-order valence-electron chi connectivity index (χ0n) is 14.3. The van der Waals surface area contributed by atoms with Gasteiger partial charge in [-0.25, -0.2) is 0 Å². The summed E-state index contributed by atoms with van der Waals surface area (Å²) in [5.74, 6) is 1.25.